The Morgan fingerprint density at radius 3 is 2.15 bits per heavy atom. The molecule has 7 nitrogen and oxygen atoms in total. The average Bonchev–Trinajstić information content (AvgIpc) is 2.89. The maximum atomic E-state index is 14.2. The molecule has 1 N–H and O–H groups in total. The number of nitrogens with one attached hydrogen (secondary N) is 1. The number of benzene rings is 3. The lowest BCUT2D eigenvalue weighted by Crippen LogP contribution is -2.55. The van der Waals surface area contributed by atoms with E-state index in [1.807, 2.05) is 58.9 Å². The van der Waals surface area contributed by atoms with Crippen LogP contribution in [-0.2, 0) is 26.2 Å². The van der Waals surface area contributed by atoms with Crippen molar-refractivity contribution in [2.45, 2.75) is 71.0 Å². The number of hydrogen-bond acceptors (Lipinski definition) is 4. The number of aryl methyl sites for hydroxylation is 2. The second kappa shape index (κ2) is 12.9. The highest BCUT2D eigenvalue weighted by Crippen LogP contribution is 2.30. The summed E-state index contributed by atoms with van der Waals surface area (Å²) < 4.78 is 29.0. The highest BCUT2D eigenvalue weighted by molar-refractivity contribution is 7.92. The standard InChI is InChI=1S/C31H38ClN3O4S/c1-7-27(30(37)33-31(4,5)6)34(20-24-14-12-11-13-22(24)2)29(36)21-35(28-19-25(32)18-17-23(28)3)40(38,39)26-15-9-8-10-16-26/h8-19,27H,7,20-21H2,1-6H3,(H,33,37). The first-order valence-electron chi connectivity index (χ1n) is 13.2. The minimum Gasteiger partial charge on any atom is -0.350 e. The molecule has 9 heteroatoms. The van der Waals surface area contributed by atoms with Gasteiger partial charge >= 0.3 is 0 Å². The molecule has 1 unspecified atom stereocenters. The average molecular weight is 584 g/mol. The molecule has 0 saturated heterocycles. The van der Waals surface area contributed by atoms with Crippen molar-refractivity contribution < 1.29 is 18.0 Å². The Labute approximate surface area is 243 Å². The van der Waals surface area contributed by atoms with Crippen LogP contribution in [0.5, 0.6) is 0 Å². The molecule has 0 aliphatic carbocycles. The largest absolute Gasteiger partial charge is 0.350 e. The van der Waals surface area contributed by atoms with E-state index in [-0.39, 0.29) is 17.3 Å². The zero-order valence-electron chi connectivity index (χ0n) is 23.9. The first-order valence-corrected chi connectivity index (χ1v) is 15.1. The van der Waals surface area contributed by atoms with Crippen molar-refractivity contribution in [1.82, 2.24) is 10.2 Å². The Hall–Kier alpha value is -3.36. The van der Waals surface area contributed by atoms with Gasteiger partial charge in [0.15, 0.2) is 0 Å². The second-order valence-corrected chi connectivity index (χ2v) is 13.2. The molecule has 0 spiro atoms. The maximum absolute atomic E-state index is 14.2. The summed E-state index contributed by atoms with van der Waals surface area (Å²) in [5, 5.41) is 3.32. The Morgan fingerprint density at radius 2 is 1.55 bits per heavy atom. The second-order valence-electron chi connectivity index (χ2n) is 10.9. The minimum absolute atomic E-state index is 0.0464. The van der Waals surface area contributed by atoms with E-state index in [9.17, 15) is 18.0 Å². The number of halogens is 1. The first kappa shape index (κ1) is 31.2. The van der Waals surface area contributed by atoms with Crippen LogP contribution in [0.3, 0.4) is 0 Å². The smallest absolute Gasteiger partial charge is 0.264 e. The normalized spacial score (nSPS) is 12.5. The van der Waals surface area contributed by atoms with Gasteiger partial charge in [-0.3, -0.25) is 13.9 Å². The fraction of sp³-hybridized carbons (Fsp3) is 0.355. The minimum atomic E-state index is -4.16. The van der Waals surface area contributed by atoms with Crippen molar-refractivity contribution in [3.05, 3.63) is 94.5 Å². The van der Waals surface area contributed by atoms with Crippen LogP contribution >= 0.6 is 11.6 Å². The van der Waals surface area contributed by atoms with Crippen molar-refractivity contribution >= 4 is 39.1 Å². The summed E-state index contributed by atoms with van der Waals surface area (Å²) in [4.78, 5) is 29.2. The fourth-order valence-electron chi connectivity index (χ4n) is 4.43. The van der Waals surface area contributed by atoms with Crippen molar-refractivity contribution in [3.63, 3.8) is 0 Å². The predicted molar refractivity (Wildman–Crippen MR) is 161 cm³/mol. The number of hydrogen-bond donors (Lipinski definition) is 1. The molecular weight excluding hydrogens is 546 g/mol. The van der Waals surface area contributed by atoms with Gasteiger partial charge in [0.1, 0.15) is 12.6 Å². The lowest BCUT2D eigenvalue weighted by atomic mass is 10.0. The third-order valence-electron chi connectivity index (χ3n) is 6.54. The molecule has 1 atom stereocenters. The molecule has 0 bridgehead atoms. The number of anilines is 1. The Kier molecular flexibility index (Phi) is 10.0. The summed E-state index contributed by atoms with van der Waals surface area (Å²) in [6, 6.07) is 19.7. The molecule has 3 aromatic carbocycles. The summed E-state index contributed by atoms with van der Waals surface area (Å²) in [5.74, 6) is -0.800. The zero-order chi connectivity index (χ0) is 29.7. The van der Waals surface area contributed by atoms with E-state index in [1.165, 1.54) is 17.0 Å². The van der Waals surface area contributed by atoms with E-state index < -0.39 is 34.1 Å². The van der Waals surface area contributed by atoms with Gasteiger partial charge in [-0.15, -0.1) is 0 Å². The zero-order valence-corrected chi connectivity index (χ0v) is 25.5. The quantitative estimate of drug-likeness (QED) is 0.323. The molecule has 3 aromatic rings. The first-order chi connectivity index (χ1) is 18.7. The number of carbonyl (C=O) groups excluding carboxylic acids is 2. The van der Waals surface area contributed by atoms with E-state index in [0.717, 1.165) is 15.4 Å². The van der Waals surface area contributed by atoms with E-state index in [0.29, 0.717) is 22.7 Å². The molecule has 3 rings (SSSR count). The monoisotopic (exact) mass is 583 g/mol. The van der Waals surface area contributed by atoms with Crippen LogP contribution in [-0.4, -0.2) is 43.3 Å². The topological polar surface area (TPSA) is 86.8 Å². The van der Waals surface area contributed by atoms with Crippen LogP contribution < -0.4 is 9.62 Å². The Balaban J connectivity index is 2.12. The van der Waals surface area contributed by atoms with E-state index in [1.54, 1.807) is 43.3 Å². The molecule has 0 heterocycles. The molecule has 0 aromatic heterocycles. The van der Waals surface area contributed by atoms with Gasteiger partial charge in [0.2, 0.25) is 11.8 Å². The predicted octanol–water partition coefficient (Wildman–Crippen LogP) is 5.87. The Bertz CT molecular complexity index is 1450. The number of sulfonamides is 1. The van der Waals surface area contributed by atoms with Gasteiger partial charge in [0, 0.05) is 17.1 Å². The van der Waals surface area contributed by atoms with E-state index in [4.69, 9.17) is 11.6 Å². The van der Waals surface area contributed by atoms with Crippen LogP contribution in [0.4, 0.5) is 5.69 Å². The summed E-state index contributed by atoms with van der Waals surface area (Å²) >= 11 is 6.29. The molecule has 214 valence electrons. The molecule has 0 aliphatic rings. The maximum Gasteiger partial charge on any atom is 0.264 e. The van der Waals surface area contributed by atoms with E-state index >= 15 is 0 Å². The number of carbonyl (C=O) groups is 2. The van der Waals surface area contributed by atoms with Crippen LogP contribution in [0.2, 0.25) is 5.02 Å². The summed E-state index contributed by atoms with van der Waals surface area (Å²) in [7, 11) is -4.16. The fourth-order valence-corrected chi connectivity index (χ4v) is 6.09. The van der Waals surface area contributed by atoms with Crippen molar-refractivity contribution in [1.29, 1.82) is 0 Å². The molecular formula is C31H38ClN3O4S. The summed E-state index contributed by atoms with van der Waals surface area (Å²) in [6.07, 6.45) is 0.348. The Morgan fingerprint density at radius 1 is 0.925 bits per heavy atom. The van der Waals surface area contributed by atoms with Crippen LogP contribution in [0.25, 0.3) is 0 Å². The molecule has 2 amide bonds. The molecule has 0 aliphatic heterocycles. The lowest BCUT2D eigenvalue weighted by Gasteiger charge is -2.35. The van der Waals surface area contributed by atoms with E-state index in [2.05, 4.69) is 5.32 Å². The van der Waals surface area contributed by atoms with Gasteiger partial charge < -0.3 is 10.2 Å². The van der Waals surface area contributed by atoms with Crippen LogP contribution in [0.1, 0.15) is 50.8 Å². The molecule has 40 heavy (non-hydrogen) atoms. The molecule has 0 radical (unpaired) electrons. The summed E-state index contributed by atoms with van der Waals surface area (Å²) in [5.41, 5.74) is 2.26. The lowest BCUT2D eigenvalue weighted by molar-refractivity contribution is -0.141. The SMILES string of the molecule is CCC(C(=O)NC(C)(C)C)N(Cc1ccccc1C)C(=O)CN(c1cc(Cl)ccc1C)S(=O)(=O)c1ccccc1. The summed E-state index contributed by atoms with van der Waals surface area (Å²) in [6.45, 7) is 10.8. The van der Waals surface area contributed by atoms with Crippen molar-refractivity contribution in [2.75, 3.05) is 10.8 Å². The number of nitrogens with zero attached hydrogens (tertiary/aromatic N) is 2. The van der Waals surface area contributed by atoms with Gasteiger partial charge in [-0.05, 0) is 82.0 Å². The number of amides is 2. The third-order valence-corrected chi connectivity index (χ3v) is 8.55. The number of rotatable bonds is 10. The van der Waals surface area contributed by atoms with Gasteiger partial charge in [-0.2, -0.15) is 0 Å². The van der Waals surface area contributed by atoms with Crippen molar-refractivity contribution in [2.24, 2.45) is 0 Å². The van der Waals surface area contributed by atoms with Crippen LogP contribution in [0.15, 0.2) is 77.7 Å². The third kappa shape index (κ3) is 7.64. The van der Waals surface area contributed by atoms with Crippen molar-refractivity contribution in [3.8, 4) is 0 Å². The van der Waals surface area contributed by atoms with Crippen LogP contribution in [0, 0.1) is 13.8 Å². The molecule has 0 fully saturated rings. The highest BCUT2D eigenvalue weighted by atomic mass is 35.5. The van der Waals surface area contributed by atoms with Gasteiger partial charge in [0.25, 0.3) is 10.0 Å². The van der Waals surface area contributed by atoms with Gasteiger partial charge in [0.05, 0.1) is 10.6 Å². The van der Waals surface area contributed by atoms with Gasteiger partial charge in [-0.25, -0.2) is 8.42 Å². The molecule has 0 saturated carbocycles. The highest BCUT2D eigenvalue weighted by Gasteiger charge is 2.35. The van der Waals surface area contributed by atoms with Gasteiger partial charge in [-0.1, -0.05) is 67.1 Å².